The summed E-state index contributed by atoms with van der Waals surface area (Å²) in [6, 6.07) is 11.1. The lowest BCUT2D eigenvalue weighted by Crippen LogP contribution is -2.12. The van der Waals surface area contributed by atoms with E-state index in [9.17, 15) is 4.79 Å². The van der Waals surface area contributed by atoms with Crippen molar-refractivity contribution in [1.82, 2.24) is 9.97 Å². The van der Waals surface area contributed by atoms with Crippen LogP contribution in [0.2, 0.25) is 0 Å². The van der Waals surface area contributed by atoms with Crippen LogP contribution in [0.5, 0.6) is 5.75 Å². The fraction of sp³-hybridized carbons (Fsp3) is 0.412. The van der Waals surface area contributed by atoms with Gasteiger partial charge in [0.15, 0.2) is 0 Å². The lowest BCUT2D eigenvalue weighted by atomic mass is 10.3. The van der Waals surface area contributed by atoms with E-state index in [2.05, 4.69) is 9.97 Å². The van der Waals surface area contributed by atoms with E-state index in [1.807, 2.05) is 71.9 Å². The topological polar surface area (TPSA) is 55.0 Å². The molecule has 0 bridgehead atoms. The summed E-state index contributed by atoms with van der Waals surface area (Å²) in [5.41, 5.74) is 0.350. The predicted octanol–water partition coefficient (Wildman–Crippen LogP) is 4.43. The highest BCUT2D eigenvalue weighted by molar-refractivity contribution is 5.21. The molecule has 0 spiro atoms. The Morgan fingerprint density at radius 2 is 1.52 bits per heavy atom. The van der Waals surface area contributed by atoms with Crippen molar-refractivity contribution in [3.63, 3.8) is 0 Å². The molecule has 1 aromatic heterocycles. The normalized spacial score (nSPS) is 7.90. The summed E-state index contributed by atoms with van der Waals surface area (Å²) in [6.07, 6.45) is 1.46. The Morgan fingerprint density at radius 1 is 0.952 bits per heavy atom. The largest absolute Gasteiger partial charge is 0.487 e. The summed E-state index contributed by atoms with van der Waals surface area (Å²) in [7, 11) is 0. The van der Waals surface area contributed by atoms with Crippen molar-refractivity contribution in [2.24, 2.45) is 0 Å². The number of rotatable bonds is 3. The van der Waals surface area contributed by atoms with Gasteiger partial charge in [0.1, 0.15) is 12.4 Å². The van der Waals surface area contributed by atoms with E-state index in [0.717, 1.165) is 5.75 Å². The number of hydrogen-bond donors (Lipinski definition) is 1. The summed E-state index contributed by atoms with van der Waals surface area (Å²) in [4.78, 5) is 17.0. The summed E-state index contributed by atoms with van der Waals surface area (Å²) in [5.74, 6) is 0.773. The lowest BCUT2D eigenvalue weighted by molar-refractivity contribution is 0.300. The maximum atomic E-state index is 10.9. The van der Waals surface area contributed by atoms with E-state index in [-0.39, 0.29) is 5.69 Å². The van der Waals surface area contributed by atoms with Crippen LogP contribution in [-0.2, 0) is 6.61 Å². The van der Waals surface area contributed by atoms with Crippen molar-refractivity contribution in [3.8, 4) is 5.75 Å². The Labute approximate surface area is 128 Å². The first-order chi connectivity index (χ1) is 10.3. The van der Waals surface area contributed by atoms with E-state index >= 15 is 0 Å². The first kappa shape index (κ1) is 21.2. The van der Waals surface area contributed by atoms with Gasteiger partial charge >= 0.3 is 5.69 Å². The van der Waals surface area contributed by atoms with Crippen molar-refractivity contribution in [2.75, 3.05) is 0 Å². The van der Waals surface area contributed by atoms with Gasteiger partial charge < -0.3 is 9.72 Å². The van der Waals surface area contributed by atoms with Gasteiger partial charge in [-0.05, 0) is 18.2 Å². The maximum absolute atomic E-state index is 10.9. The van der Waals surface area contributed by atoms with Crippen LogP contribution in [0.1, 0.15) is 47.2 Å². The smallest absolute Gasteiger partial charge is 0.345 e. The Kier molecular flexibility index (Phi) is 16.1. The number of ether oxygens (including phenoxy) is 1. The highest BCUT2D eigenvalue weighted by Crippen LogP contribution is 2.09. The number of H-pyrrole nitrogens is 1. The molecule has 0 aliphatic carbocycles. The predicted molar refractivity (Wildman–Crippen MR) is 89.7 cm³/mol. The molecule has 0 aliphatic rings. The second-order valence-electron chi connectivity index (χ2n) is 3.00. The van der Waals surface area contributed by atoms with E-state index in [1.54, 1.807) is 6.07 Å². The van der Waals surface area contributed by atoms with Gasteiger partial charge in [-0.1, -0.05) is 59.7 Å². The average Bonchev–Trinajstić information content (AvgIpc) is 2.59. The maximum Gasteiger partial charge on any atom is 0.345 e. The van der Waals surface area contributed by atoms with Gasteiger partial charge in [0, 0.05) is 6.20 Å². The molecule has 0 amide bonds. The van der Waals surface area contributed by atoms with Gasteiger partial charge in [0.05, 0.1) is 5.69 Å². The van der Waals surface area contributed by atoms with Gasteiger partial charge in [-0.15, -0.1) is 0 Å². The van der Waals surface area contributed by atoms with E-state index < -0.39 is 0 Å². The molecule has 2 rings (SSSR count). The van der Waals surface area contributed by atoms with E-state index in [4.69, 9.17) is 4.74 Å². The molecular formula is C17H28N2O2. The minimum absolute atomic E-state index is 0.335. The number of aromatic nitrogens is 2. The number of nitrogens with one attached hydrogen (secondary N) is 1. The van der Waals surface area contributed by atoms with Crippen molar-refractivity contribution in [2.45, 2.75) is 48.1 Å². The zero-order valence-corrected chi connectivity index (χ0v) is 14.0. The van der Waals surface area contributed by atoms with Crippen LogP contribution >= 0.6 is 0 Å². The second-order valence-corrected chi connectivity index (χ2v) is 3.00. The Hall–Kier alpha value is -2.10. The minimum Gasteiger partial charge on any atom is -0.487 e. The standard InChI is InChI=1S/C11H10N2O2.3C2H6/c14-11-12-7-6-9(13-11)8-15-10-4-2-1-3-5-10;3*1-2/h1-7H,8H2,(H,12,13,14);3*1-2H3. The molecule has 0 atom stereocenters. The molecule has 4 heteroatoms. The first-order valence-electron chi connectivity index (χ1n) is 7.56. The second kappa shape index (κ2) is 16.0. The molecule has 0 saturated carbocycles. The van der Waals surface area contributed by atoms with Crippen LogP contribution in [0.15, 0.2) is 47.4 Å². The number of nitrogens with zero attached hydrogens (tertiary/aromatic N) is 1. The van der Waals surface area contributed by atoms with Gasteiger partial charge in [0.25, 0.3) is 0 Å². The minimum atomic E-state index is -0.357. The zero-order valence-electron chi connectivity index (χ0n) is 14.0. The van der Waals surface area contributed by atoms with Crippen LogP contribution in [-0.4, -0.2) is 9.97 Å². The monoisotopic (exact) mass is 292 g/mol. The van der Waals surface area contributed by atoms with Crippen LogP contribution in [0.4, 0.5) is 0 Å². The van der Waals surface area contributed by atoms with Crippen molar-refractivity contribution >= 4 is 0 Å². The highest BCUT2D eigenvalue weighted by Gasteiger charge is 1.95. The molecular weight excluding hydrogens is 264 g/mol. The molecule has 0 fully saturated rings. The molecule has 21 heavy (non-hydrogen) atoms. The highest BCUT2D eigenvalue weighted by atomic mass is 16.5. The van der Waals surface area contributed by atoms with Gasteiger partial charge in [0.2, 0.25) is 0 Å². The van der Waals surface area contributed by atoms with E-state index in [1.165, 1.54) is 6.20 Å². The van der Waals surface area contributed by atoms with Crippen LogP contribution in [0.3, 0.4) is 0 Å². The van der Waals surface area contributed by atoms with Crippen molar-refractivity contribution in [1.29, 1.82) is 0 Å². The third kappa shape index (κ3) is 10.4. The molecule has 1 heterocycles. The molecule has 1 aromatic carbocycles. The van der Waals surface area contributed by atoms with Crippen LogP contribution in [0.25, 0.3) is 0 Å². The van der Waals surface area contributed by atoms with Gasteiger partial charge in [-0.3, -0.25) is 0 Å². The fourth-order valence-corrected chi connectivity index (χ4v) is 1.17. The van der Waals surface area contributed by atoms with E-state index in [0.29, 0.717) is 12.3 Å². The summed E-state index contributed by atoms with van der Waals surface area (Å²) < 4.78 is 5.45. The van der Waals surface area contributed by atoms with Crippen LogP contribution in [0, 0.1) is 0 Å². The zero-order chi connectivity index (χ0) is 16.5. The Bertz CT molecular complexity index is 481. The molecule has 4 nitrogen and oxygen atoms in total. The Morgan fingerprint density at radius 3 is 2.05 bits per heavy atom. The van der Waals surface area contributed by atoms with Gasteiger partial charge in [-0.25, -0.2) is 9.78 Å². The number of hydrogen-bond acceptors (Lipinski definition) is 3. The molecule has 0 radical (unpaired) electrons. The number of benzene rings is 1. The number of aromatic amines is 1. The summed E-state index contributed by atoms with van der Waals surface area (Å²) >= 11 is 0. The molecule has 1 N–H and O–H groups in total. The van der Waals surface area contributed by atoms with Crippen molar-refractivity contribution < 1.29 is 4.74 Å². The molecule has 2 aromatic rings. The van der Waals surface area contributed by atoms with Gasteiger partial charge in [-0.2, -0.15) is 0 Å². The molecule has 0 unspecified atom stereocenters. The summed E-state index contributed by atoms with van der Waals surface area (Å²) in [5, 5.41) is 0. The number of para-hydroxylation sites is 1. The Balaban J connectivity index is 0. The van der Waals surface area contributed by atoms with Crippen LogP contribution < -0.4 is 10.4 Å². The van der Waals surface area contributed by atoms with Crippen molar-refractivity contribution in [3.05, 3.63) is 58.8 Å². The fourth-order valence-electron chi connectivity index (χ4n) is 1.17. The first-order valence-corrected chi connectivity index (χ1v) is 7.56. The third-order valence-electron chi connectivity index (χ3n) is 1.87. The third-order valence-corrected chi connectivity index (χ3v) is 1.87. The average molecular weight is 292 g/mol. The molecule has 118 valence electrons. The lowest BCUT2D eigenvalue weighted by Gasteiger charge is -2.04. The SMILES string of the molecule is CC.CC.CC.O=c1nccc(COc2ccccc2)[nH]1. The molecule has 0 aliphatic heterocycles. The summed E-state index contributed by atoms with van der Waals surface area (Å²) in [6.45, 7) is 12.3. The quantitative estimate of drug-likeness (QED) is 0.910. The molecule has 0 saturated heterocycles.